The van der Waals surface area contributed by atoms with Crippen LogP contribution in [0.4, 0.5) is 5.82 Å². The van der Waals surface area contributed by atoms with Gasteiger partial charge in [0.15, 0.2) is 0 Å². The van der Waals surface area contributed by atoms with E-state index in [9.17, 15) is 0 Å². The second-order valence-corrected chi connectivity index (χ2v) is 5.41. The van der Waals surface area contributed by atoms with Crippen molar-refractivity contribution in [2.75, 3.05) is 5.73 Å². The summed E-state index contributed by atoms with van der Waals surface area (Å²) in [5, 5.41) is 4.43. The van der Waals surface area contributed by atoms with Crippen LogP contribution in [0.2, 0.25) is 0 Å². The molecule has 0 spiro atoms. The van der Waals surface area contributed by atoms with Gasteiger partial charge in [-0.1, -0.05) is 26.7 Å². The lowest BCUT2D eigenvalue weighted by molar-refractivity contribution is 0.135. The van der Waals surface area contributed by atoms with Crippen LogP contribution >= 0.6 is 0 Å². The maximum Gasteiger partial charge on any atom is 0.124 e. The Kier molecular flexibility index (Phi) is 2.49. The van der Waals surface area contributed by atoms with E-state index in [4.69, 9.17) is 5.73 Å². The number of nitrogens with two attached hydrogens (primary N) is 1. The SMILES string of the molecule is Cc1cnn(C2CCCCC2(C)C)c1N. The summed E-state index contributed by atoms with van der Waals surface area (Å²) < 4.78 is 2.04. The maximum absolute atomic E-state index is 6.06. The van der Waals surface area contributed by atoms with Gasteiger partial charge in [-0.15, -0.1) is 0 Å². The molecule has 3 nitrogen and oxygen atoms in total. The highest BCUT2D eigenvalue weighted by atomic mass is 15.3. The third-order valence-electron chi connectivity index (χ3n) is 3.77. The van der Waals surface area contributed by atoms with E-state index in [0.717, 1.165) is 11.4 Å². The third kappa shape index (κ3) is 1.75. The molecule has 0 aliphatic heterocycles. The van der Waals surface area contributed by atoms with E-state index >= 15 is 0 Å². The minimum absolute atomic E-state index is 0.324. The Morgan fingerprint density at radius 1 is 1.47 bits per heavy atom. The Bertz CT molecular complexity index is 352. The minimum Gasteiger partial charge on any atom is -0.384 e. The fourth-order valence-electron chi connectivity index (χ4n) is 2.64. The lowest BCUT2D eigenvalue weighted by Gasteiger charge is -2.39. The number of hydrogen-bond acceptors (Lipinski definition) is 2. The largest absolute Gasteiger partial charge is 0.384 e. The second kappa shape index (κ2) is 3.54. The molecular formula is C12H21N3. The van der Waals surface area contributed by atoms with Crippen LogP contribution in [0.3, 0.4) is 0 Å². The van der Waals surface area contributed by atoms with E-state index in [2.05, 4.69) is 18.9 Å². The summed E-state index contributed by atoms with van der Waals surface area (Å²) in [7, 11) is 0. The molecule has 0 aromatic carbocycles. The fraction of sp³-hybridized carbons (Fsp3) is 0.750. The van der Waals surface area contributed by atoms with Gasteiger partial charge in [-0.25, -0.2) is 4.68 Å². The molecule has 84 valence electrons. The van der Waals surface area contributed by atoms with Gasteiger partial charge in [-0.3, -0.25) is 0 Å². The average Bonchev–Trinajstić information content (AvgIpc) is 2.48. The van der Waals surface area contributed by atoms with Crippen molar-refractivity contribution in [1.29, 1.82) is 0 Å². The van der Waals surface area contributed by atoms with Crippen LogP contribution in [-0.2, 0) is 0 Å². The van der Waals surface area contributed by atoms with Crippen molar-refractivity contribution in [3.8, 4) is 0 Å². The first-order chi connectivity index (χ1) is 7.02. The summed E-state index contributed by atoms with van der Waals surface area (Å²) >= 11 is 0. The number of nitrogen functional groups attached to an aromatic ring is 1. The normalized spacial score (nSPS) is 25.4. The van der Waals surface area contributed by atoms with Crippen molar-refractivity contribution in [3.05, 3.63) is 11.8 Å². The molecule has 15 heavy (non-hydrogen) atoms. The first-order valence-electron chi connectivity index (χ1n) is 5.82. The van der Waals surface area contributed by atoms with Crippen LogP contribution < -0.4 is 5.73 Å². The molecule has 1 aromatic heterocycles. The molecule has 1 fully saturated rings. The van der Waals surface area contributed by atoms with Crippen LogP contribution in [0.15, 0.2) is 6.20 Å². The highest BCUT2D eigenvalue weighted by Crippen LogP contribution is 2.44. The molecule has 0 amide bonds. The summed E-state index contributed by atoms with van der Waals surface area (Å²) in [6.07, 6.45) is 6.99. The Labute approximate surface area is 91.7 Å². The van der Waals surface area contributed by atoms with Crippen LogP contribution in [0, 0.1) is 12.3 Å². The zero-order valence-electron chi connectivity index (χ0n) is 9.95. The van der Waals surface area contributed by atoms with E-state index in [1.54, 1.807) is 0 Å². The van der Waals surface area contributed by atoms with E-state index in [1.807, 2.05) is 17.8 Å². The molecule has 0 saturated heterocycles. The van der Waals surface area contributed by atoms with E-state index in [0.29, 0.717) is 11.5 Å². The Morgan fingerprint density at radius 3 is 2.73 bits per heavy atom. The number of nitrogens with zero attached hydrogens (tertiary/aromatic N) is 2. The van der Waals surface area contributed by atoms with Crippen LogP contribution in [-0.4, -0.2) is 9.78 Å². The number of aromatic nitrogens is 2. The van der Waals surface area contributed by atoms with Gasteiger partial charge >= 0.3 is 0 Å². The first-order valence-corrected chi connectivity index (χ1v) is 5.82. The van der Waals surface area contributed by atoms with Gasteiger partial charge < -0.3 is 5.73 Å². The quantitative estimate of drug-likeness (QED) is 0.769. The highest BCUT2D eigenvalue weighted by molar-refractivity contribution is 5.37. The lowest BCUT2D eigenvalue weighted by atomic mass is 9.73. The zero-order valence-corrected chi connectivity index (χ0v) is 9.95. The number of rotatable bonds is 1. The van der Waals surface area contributed by atoms with Gasteiger partial charge in [0.05, 0.1) is 12.2 Å². The topological polar surface area (TPSA) is 43.8 Å². The van der Waals surface area contributed by atoms with E-state index in [1.165, 1.54) is 25.7 Å². The summed E-state index contributed by atoms with van der Waals surface area (Å²) in [5.41, 5.74) is 7.47. The summed E-state index contributed by atoms with van der Waals surface area (Å²) in [6, 6.07) is 0.472. The van der Waals surface area contributed by atoms with Crippen molar-refractivity contribution >= 4 is 5.82 Å². The molecular weight excluding hydrogens is 186 g/mol. The van der Waals surface area contributed by atoms with E-state index in [-0.39, 0.29) is 0 Å². The molecule has 1 heterocycles. The molecule has 1 saturated carbocycles. The molecule has 2 N–H and O–H groups in total. The number of aryl methyl sites for hydroxylation is 1. The van der Waals surface area contributed by atoms with Crippen LogP contribution in [0.5, 0.6) is 0 Å². The van der Waals surface area contributed by atoms with Gasteiger partial charge in [0, 0.05) is 5.56 Å². The third-order valence-corrected chi connectivity index (χ3v) is 3.77. The van der Waals surface area contributed by atoms with Gasteiger partial charge in [-0.2, -0.15) is 5.10 Å². The van der Waals surface area contributed by atoms with Crippen molar-refractivity contribution < 1.29 is 0 Å². The van der Waals surface area contributed by atoms with Gasteiger partial charge in [0.2, 0.25) is 0 Å². The molecule has 2 rings (SSSR count). The van der Waals surface area contributed by atoms with Crippen molar-refractivity contribution in [3.63, 3.8) is 0 Å². The zero-order chi connectivity index (χ0) is 11.1. The number of anilines is 1. The number of hydrogen-bond donors (Lipinski definition) is 1. The smallest absolute Gasteiger partial charge is 0.124 e. The minimum atomic E-state index is 0.324. The van der Waals surface area contributed by atoms with Gasteiger partial charge in [0.25, 0.3) is 0 Å². The second-order valence-electron chi connectivity index (χ2n) is 5.41. The molecule has 1 unspecified atom stereocenters. The molecule has 1 atom stereocenters. The monoisotopic (exact) mass is 207 g/mol. The standard InChI is InChI=1S/C12H21N3/c1-9-8-14-15(11(9)13)10-6-4-5-7-12(10,2)3/h8,10H,4-7,13H2,1-3H3. The van der Waals surface area contributed by atoms with Gasteiger partial charge in [0.1, 0.15) is 5.82 Å². The fourth-order valence-corrected chi connectivity index (χ4v) is 2.64. The van der Waals surface area contributed by atoms with Crippen molar-refractivity contribution in [2.24, 2.45) is 5.41 Å². The van der Waals surface area contributed by atoms with Gasteiger partial charge in [-0.05, 0) is 25.2 Å². The maximum atomic E-state index is 6.06. The Hall–Kier alpha value is -0.990. The van der Waals surface area contributed by atoms with Crippen molar-refractivity contribution in [1.82, 2.24) is 9.78 Å². The predicted octanol–water partition coefficient (Wildman–Crippen LogP) is 2.92. The first kappa shape index (κ1) is 10.5. The molecule has 3 heteroatoms. The summed E-state index contributed by atoms with van der Waals surface area (Å²) in [5.74, 6) is 0.843. The highest BCUT2D eigenvalue weighted by Gasteiger charge is 2.34. The van der Waals surface area contributed by atoms with Crippen LogP contribution in [0.25, 0.3) is 0 Å². The summed E-state index contributed by atoms with van der Waals surface area (Å²) in [4.78, 5) is 0. The Morgan fingerprint density at radius 2 is 2.20 bits per heavy atom. The molecule has 1 aliphatic carbocycles. The molecule has 1 aliphatic rings. The predicted molar refractivity (Wildman–Crippen MR) is 62.7 cm³/mol. The van der Waals surface area contributed by atoms with E-state index < -0.39 is 0 Å². The summed E-state index contributed by atoms with van der Waals surface area (Å²) in [6.45, 7) is 6.68. The molecule has 0 bridgehead atoms. The lowest BCUT2D eigenvalue weighted by Crippen LogP contribution is -2.31. The van der Waals surface area contributed by atoms with Crippen molar-refractivity contribution in [2.45, 2.75) is 52.5 Å². The average molecular weight is 207 g/mol. The Balaban J connectivity index is 2.33. The molecule has 1 aromatic rings. The van der Waals surface area contributed by atoms with Crippen LogP contribution in [0.1, 0.15) is 51.1 Å². The molecule has 0 radical (unpaired) electrons.